The topological polar surface area (TPSA) is 64.3 Å². The van der Waals surface area contributed by atoms with Gasteiger partial charge in [0.05, 0.1) is 18.7 Å². The summed E-state index contributed by atoms with van der Waals surface area (Å²) in [6, 6.07) is 5.74. The summed E-state index contributed by atoms with van der Waals surface area (Å²) in [6.45, 7) is 7.29. The minimum atomic E-state index is -0.884. The van der Waals surface area contributed by atoms with E-state index in [1.807, 2.05) is 32.0 Å². The van der Waals surface area contributed by atoms with Gasteiger partial charge in [0, 0.05) is 5.56 Å². The molecule has 1 atom stereocenters. The Morgan fingerprint density at radius 3 is 2.47 bits per heavy atom. The van der Waals surface area contributed by atoms with Gasteiger partial charge in [-0.3, -0.25) is 4.79 Å². The van der Waals surface area contributed by atoms with Crippen LogP contribution < -0.4 is 15.8 Å². The van der Waals surface area contributed by atoms with Gasteiger partial charge in [0.1, 0.15) is 5.75 Å². The molecule has 1 amide bonds. The third-order valence-corrected chi connectivity index (χ3v) is 2.78. The molecule has 1 aromatic carbocycles. The Morgan fingerprint density at radius 1 is 1.42 bits per heavy atom. The molecule has 1 rings (SSSR count). The van der Waals surface area contributed by atoms with E-state index in [1.165, 1.54) is 0 Å². The van der Waals surface area contributed by atoms with Crippen LogP contribution in [0, 0.1) is 6.92 Å². The van der Waals surface area contributed by atoms with Crippen LogP contribution in [0.15, 0.2) is 18.2 Å². The SMILES string of the molecule is COc1ccc(C)cc1C(C)NC(=O)C(C)(C)N.Cl. The van der Waals surface area contributed by atoms with Crippen molar-refractivity contribution in [3.63, 3.8) is 0 Å². The number of hydrogen-bond acceptors (Lipinski definition) is 3. The molecule has 0 bridgehead atoms. The number of nitrogens with one attached hydrogen (secondary N) is 1. The number of hydrogen-bond donors (Lipinski definition) is 2. The Hall–Kier alpha value is -1.26. The van der Waals surface area contributed by atoms with Gasteiger partial charge in [0.15, 0.2) is 0 Å². The summed E-state index contributed by atoms with van der Waals surface area (Å²) in [7, 11) is 1.62. The number of ether oxygens (including phenoxy) is 1. The molecule has 19 heavy (non-hydrogen) atoms. The number of rotatable bonds is 4. The number of methoxy groups -OCH3 is 1. The molecule has 1 aromatic rings. The maximum absolute atomic E-state index is 11.9. The highest BCUT2D eigenvalue weighted by molar-refractivity contribution is 5.85. The molecule has 3 N–H and O–H groups in total. The average molecular weight is 287 g/mol. The molecule has 1 unspecified atom stereocenters. The quantitative estimate of drug-likeness (QED) is 0.893. The summed E-state index contributed by atoms with van der Waals surface area (Å²) in [5.41, 5.74) is 6.96. The van der Waals surface area contributed by atoms with Gasteiger partial charge in [-0.1, -0.05) is 17.7 Å². The van der Waals surface area contributed by atoms with Crippen molar-refractivity contribution in [3.05, 3.63) is 29.3 Å². The van der Waals surface area contributed by atoms with Crippen LogP contribution in [0.5, 0.6) is 5.75 Å². The summed E-state index contributed by atoms with van der Waals surface area (Å²) in [4.78, 5) is 11.9. The number of amides is 1. The highest BCUT2D eigenvalue weighted by atomic mass is 35.5. The van der Waals surface area contributed by atoms with Gasteiger partial charge >= 0.3 is 0 Å². The molecular weight excluding hydrogens is 264 g/mol. The minimum Gasteiger partial charge on any atom is -0.496 e. The van der Waals surface area contributed by atoms with E-state index in [-0.39, 0.29) is 24.4 Å². The first-order chi connectivity index (χ1) is 8.25. The standard InChI is InChI=1S/C14H22N2O2.ClH/c1-9-6-7-12(18-5)11(8-9)10(2)16-13(17)14(3,4)15;/h6-8,10H,15H2,1-5H3,(H,16,17);1H. The summed E-state index contributed by atoms with van der Waals surface area (Å²) < 4.78 is 5.31. The smallest absolute Gasteiger partial charge is 0.239 e. The lowest BCUT2D eigenvalue weighted by Gasteiger charge is -2.23. The largest absolute Gasteiger partial charge is 0.496 e. The van der Waals surface area contributed by atoms with E-state index >= 15 is 0 Å². The Bertz CT molecular complexity index is 442. The zero-order chi connectivity index (χ0) is 13.9. The zero-order valence-corrected chi connectivity index (χ0v) is 12.9. The molecule has 0 aliphatic rings. The zero-order valence-electron chi connectivity index (χ0n) is 12.1. The van der Waals surface area contributed by atoms with Crippen LogP contribution in [0.3, 0.4) is 0 Å². The van der Waals surface area contributed by atoms with Gasteiger partial charge in [0.25, 0.3) is 0 Å². The van der Waals surface area contributed by atoms with Crippen LogP contribution >= 0.6 is 12.4 Å². The van der Waals surface area contributed by atoms with Gasteiger partial charge in [-0.15, -0.1) is 12.4 Å². The Kier molecular flexibility index (Phi) is 6.33. The second-order valence-electron chi connectivity index (χ2n) is 5.16. The number of carbonyl (C=O) groups is 1. The third kappa shape index (κ3) is 4.73. The van der Waals surface area contributed by atoms with Crippen molar-refractivity contribution in [2.24, 2.45) is 5.73 Å². The maximum Gasteiger partial charge on any atom is 0.239 e. The molecule has 0 heterocycles. The van der Waals surface area contributed by atoms with Crippen LogP contribution in [-0.4, -0.2) is 18.6 Å². The van der Waals surface area contributed by atoms with E-state index in [9.17, 15) is 4.79 Å². The van der Waals surface area contributed by atoms with E-state index in [4.69, 9.17) is 10.5 Å². The summed E-state index contributed by atoms with van der Waals surface area (Å²) >= 11 is 0. The van der Waals surface area contributed by atoms with Gasteiger partial charge < -0.3 is 15.8 Å². The van der Waals surface area contributed by atoms with Gasteiger partial charge in [-0.25, -0.2) is 0 Å². The lowest BCUT2D eigenvalue weighted by molar-refractivity contribution is -0.125. The molecule has 0 saturated heterocycles. The second-order valence-corrected chi connectivity index (χ2v) is 5.16. The molecule has 0 saturated carbocycles. The lowest BCUT2D eigenvalue weighted by Crippen LogP contribution is -2.49. The summed E-state index contributed by atoms with van der Waals surface area (Å²) in [6.07, 6.45) is 0. The van der Waals surface area contributed by atoms with Crippen molar-refractivity contribution in [3.8, 4) is 5.75 Å². The molecule has 0 fully saturated rings. The van der Waals surface area contributed by atoms with Crippen LogP contribution in [0.4, 0.5) is 0 Å². The normalized spacial score (nSPS) is 12.3. The van der Waals surface area contributed by atoms with Gasteiger partial charge in [0.2, 0.25) is 5.91 Å². The fraction of sp³-hybridized carbons (Fsp3) is 0.500. The van der Waals surface area contributed by atoms with E-state index < -0.39 is 5.54 Å². The first kappa shape index (κ1) is 17.7. The maximum atomic E-state index is 11.9. The number of carbonyl (C=O) groups excluding carboxylic acids is 1. The Labute approximate surface area is 121 Å². The highest BCUT2D eigenvalue weighted by Gasteiger charge is 2.24. The number of nitrogens with two attached hydrogens (primary N) is 1. The average Bonchev–Trinajstić information content (AvgIpc) is 2.27. The van der Waals surface area contributed by atoms with E-state index in [1.54, 1.807) is 21.0 Å². The molecule has 0 aromatic heterocycles. The fourth-order valence-corrected chi connectivity index (χ4v) is 1.65. The summed E-state index contributed by atoms with van der Waals surface area (Å²) in [5, 5.41) is 2.89. The number of benzene rings is 1. The molecule has 0 aliphatic carbocycles. The monoisotopic (exact) mass is 286 g/mol. The van der Waals surface area contributed by atoms with Crippen molar-refractivity contribution in [1.29, 1.82) is 0 Å². The van der Waals surface area contributed by atoms with E-state index in [0.29, 0.717) is 0 Å². The van der Waals surface area contributed by atoms with Crippen molar-refractivity contribution in [2.45, 2.75) is 39.3 Å². The molecule has 108 valence electrons. The molecule has 4 nitrogen and oxygen atoms in total. The highest BCUT2D eigenvalue weighted by Crippen LogP contribution is 2.26. The van der Waals surface area contributed by atoms with Crippen molar-refractivity contribution < 1.29 is 9.53 Å². The van der Waals surface area contributed by atoms with Crippen molar-refractivity contribution in [2.75, 3.05) is 7.11 Å². The van der Waals surface area contributed by atoms with Crippen LogP contribution in [0.2, 0.25) is 0 Å². The van der Waals surface area contributed by atoms with Crippen molar-refractivity contribution in [1.82, 2.24) is 5.32 Å². The second kappa shape index (κ2) is 6.78. The first-order valence-electron chi connectivity index (χ1n) is 6.00. The lowest BCUT2D eigenvalue weighted by atomic mass is 10.0. The van der Waals surface area contributed by atoms with Crippen LogP contribution in [0.1, 0.15) is 37.9 Å². The predicted octanol–water partition coefficient (Wildman–Crippen LogP) is 2.34. The summed E-state index contributed by atoms with van der Waals surface area (Å²) in [5.74, 6) is 0.585. The minimum absolute atomic E-state index is 0. The first-order valence-corrected chi connectivity index (χ1v) is 6.00. The number of halogens is 1. The van der Waals surface area contributed by atoms with Crippen molar-refractivity contribution >= 4 is 18.3 Å². The Balaban J connectivity index is 0.00000324. The Morgan fingerprint density at radius 2 is 2.00 bits per heavy atom. The predicted molar refractivity (Wildman–Crippen MR) is 79.8 cm³/mol. The fourth-order valence-electron chi connectivity index (χ4n) is 1.65. The van der Waals surface area contributed by atoms with E-state index in [2.05, 4.69) is 5.32 Å². The molecule has 0 aliphatic heterocycles. The molecular formula is C14H23ClN2O2. The van der Waals surface area contributed by atoms with Gasteiger partial charge in [-0.05, 0) is 33.8 Å². The van der Waals surface area contributed by atoms with Gasteiger partial charge in [-0.2, -0.15) is 0 Å². The molecule has 0 spiro atoms. The third-order valence-electron chi connectivity index (χ3n) is 2.78. The number of aryl methyl sites for hydroxylation is 1. The van der Waals surface area contributed by atoms with Crippen LogP contribution in [0.25, 0.3) is 0 Å². The van der Waals surface area contributed by atoms with Crippen LogP contribution in [-0.2, 0) is 4.79 Å². The molecule has 0 radical (unpaired) electrons. The van der Waals surface area contributed by atoms with E-state index in [0.717, 1.165) is 16.9 Å². The molecule has 5 heteroatoms.